The molecule has 0 bridgehead atoms. The van der Waals surface area contributed by atoms with E-state index in [2.05, 4.69) is 17.2 Å². The average molecular weight is 264 g/mol. The van der Waals surface area contributed by atoms with Crippen molar-refractivity contribution in [3.8, 4) is 0 Å². The van der Waals surface area contributed by atoms with Gasteiger partial charge in [-0.15, -0.1) is 0 Å². The van der Waals surface area contributed by atoms with E-state index in [1.165, 1.54) is 0 Å². The van der Waals surface area contributed by atoms with Gasteiger partial charge in [0.25, 0.3) is 11.5 Å². The molecule has 0 atom stereocenters. The largest absolute Gasteiger partial charge is 0.347 e. The van der Waals surface area contributed by atoms with Crippen LogP contribution in [0.5, 0.6) is 0 Å². The molecule has 0 radical (unpaired) electrons. The van der Waals surface area contributed by atoms with Gasteiger partial charge in [-0.2, -0.15) is 0 Å². The van der Waals surface area contributed by atoms with E-state index in [-0.39, 0.29) is 22.6 Å². The summed E-state index contributed by atoms with van der Waals surface area (Å²) < 4.78 is 0. The van der Waals surface area contributed by atoms with Crippen LogP contribution in [0.1, 0.15) is 62.7 Å². The number of pyridine rings is 1. The molecular formula is C15H24N2O2. The number of aryl methyl sites for hydroxylation is 2. The van der Waals surface area contributed by atoms with Gasteiger partial charge in [-0.25, -0.2) is 0 Å². The van der Waals surface area contributed by atoms with E-state index in [1.54, 1.807) is 6.07 Å². The lowest BCUT2D eigenvalue weighted by molar-refractivity contribution is 0.0918. The van der Waals surface area contributed by atoms with Crippen molar-refractivity contribution in [1.29, 1.82) is 0 Å². The zero-order valence-electron chi connectivity index (χ0n) is 12.5. The summed E-state index contributed by atoms with van der Waals surface area (Å²) in [6.45, 7) is 9.78. The highest BCUT2D eigenvalue weighted by atomic mass is 16.2. The molecule has 1 aromatic heterocycles. The van der Waals surface area contributed by atoms with Crippen LogP contribution in [0, 0.1) is 0 Å². The molecule has 0 saturated heterocycles. The molecule has 1 heterocycles. The summed E-state index contributed by atoms with van der Waals surface area (Å²) in [5.74, 6) is -0.313. The van der Waals surface area contributed by atoms with Gasteiger partial charge in [0.15, 0.2) is 0 Å². The monoisotopic (exact) mass is 264 g/mol. The summed E-state index contributed by atoms with van der Waals surface area (Å²) in [7, 11) is 0. The highest BCUT2D eigenvalue weighted by Crippen LogP contribution is 2.10. The summed E-state index contributed by atoms with van der Waals surface area (Å²) in [5, 5.41) is 2.82. The van der Waals surface area contributed by atoms with Crippen LogP contribution in [0.15, 0.2) is 10.9 Å². The number of rotatable bonds is 4. The fourth-order valence-corrected chi connectivity index (χ4v) is 1.98. The highest BCUT2D eigenvalue weighted by Gasteiger charge is 2.19. The first-order valence-corrected chi connectivity index (χ1v) is 6.86. The first-order chi connectivity index (χ1) is 8.78. The van der Waals surface area contributed by atoms with Crippen LogP contribution in [0.25, 0.3) is 0 Å². The van der Waals surface area contributed by atoms with E-state index in [0.29, 0.717) is 0 Å². The Morgan fingerprint density at radius 3 is 2.42 bits per heavy atom. The van der Waals surface area contributed by atoms with Gasteiger partial charge in [-0.05, 0) is 45.2 Å². The maximum atomic E-state index is 12.1. The molecule has 0 unspecified atom stereocenters. The third kappa shape index (κ3) is 4.23. The summed E-state index contributed by atoms with van der Waals surface area (Å²) in [4.78, 5) is 26.9. The lowest BCUT2D eigenvalue weighted by atomic mass is 10.0. The molecule has 0 saturated carbocycles. The molecule has 4 heteroatoms. The van der Waals surface area contributed by atoms with Gasteiger partial charge in [-0.3, -0.25) is 9.59 Å². The second kappa shape index (κ2) is 6.04. The van der Waals surface area contributed by atoms with Crippen LogP contribution >= 0.6 is 0 Å². The molecule has 0 aromatic carbocycles. The number of aromatic nitrogens is 1. The first-order valence-electron chi connectivity index (χ1n) is 6.86. The minimum absolute atomic E-state index is 0.201. The first kappa shape index (κ1) is 15.5. The molecule has 0 aliphatic carbocycles. The normalized spacial score (nSPS) is 11.4. The number of nitrogens with one attached hydrogen (secondary N) is 2. The Labute approximate surface area is 114 Å². The number of hydrogen-bond acceptors (Lipinski definition) is 2. The zero-order chi connectivity index (χ0) is 14.6. The maximum Gasteiger partial charge on any atom is 0.261 e. The van der Waals surface area contributed by atoms with E-state index in [9.17, 15) is 9.59 Å². The molecule has 106 valence electrons. The van der Waals surface area contributed by atoms with Crippen LogP contribution in [-0.2, 0) is 12.8 Å². The summed E-state index contributed by atoms with van der Waals surface area (Å²) in [5.41, 5.74) is 1.54. The van der Waals surface area contributed by atoms with Crippen LogP contribution in [0.2, 0.25) is 0 Å². The second-order valence-corrected chi connectivity index (χ2v) is 5.82. The summed E-state index contributed by atoms with van der Waals surface area (Å²) >= 11 is 0. The van der Waals surface area contributed by atoms with Gasteiger partial charge in [0, 0.05) is 11.2 Å². The van der Waals surface area contributed by atoms with E-state index in [4.69, 9.17) is 0 Å². The predicted octanol–water partition coefficient (Wildman–Crippen LogP) is 2.42. The van der Waals surface area contributed by atoms with Crippen molar-refractivity contribution < 1.29 is 4.79 Å². The van der Waals surface area contributed by atoms with Gasteiger partial charge >= 0.3 is 0 Å². The third-order valence-corrected chi connectivity index (χ3v) is 2.83. The van der Waals surface area contributed by atoms with Gasteiger partial charge in [-0.1, -0.05) is 20.3 Å². The standard InChI is InChI=1S/C15H24N2O2/c1-6-8-12-10(7-2)9-11(13(18)16-12)14(19)17-15(3,4)5/h9H,6-8H2,1-5H3,(H,16,18)(H,17,19). The van der Waals surface area contributed by atoms with E-state index < -0.39 is 0 Å². The SMILES string of the molecule is CCCc1[nH]c(=O)c(C(=O)NC(C)(C)C)cc1CC. The Morgan fingerprint density at radius 1 is 1.32 bits per heavy atom. The number of carbonyl (C=O) groups excluding carboxylic acids is 1. The number of H-pyrrole nitrogens is 1. The second-order valence-electron chi connectivity index (χ2n) is 5.82. The third-order valence-electron chi connectivity index (χ3n) is 2.83. The van der Waals surface area contributed by atoms with Gasteiger partial charge in [0.1, 0.15) is 5.56 Å². The summed E-state index contributed by atoms with van der Waals surface area (Å²) in [6, 6.07) is 1.73. The van der Waals surface area contributed by atoms with Crippen molar-refractivity contribution in [2.45, 2.75) is 59.4 Å². The van der Waals surface area contributed by atoms with Crippen molar-refractivity contribution >= 4 is 5.91 Å². The molecule has 0 spiro atoms. The van der Waals surface area contributed by atoms with Crippen molar-refractivity contribution in [3.05, 3.63) is 33.2 Å². The zero-order valence-corrected chi connectivity index (χ0v) is 12.5. The molecule has 0 aliphatic heterocycles. The predicted molar refractivity (Wildman–Crippen MR) is 77.7 cm³/mol. The van der Waals surface area contributed by atoms with Crippen LogP contribution in [0.4, 0.5) is 0 Å². The fourth-order valence-electron chi connectivity index (χ4n) is 1.98. The topological polar surface area (TPSA) is 62.0 Å². The quantitative estimate of drug-likeness (QED) is 0.877. The fraction of sp³-hybridized carbons (Fsp3) is 0.600. The number of carbonyl (C=O) groups is 1. The smallest absolute Gasteiger partial charge is 0.261 e. The van der Waals surface area contributed by atoms with Crippen LogP contribution in [-0.4, -0.2) is 16.4 Å². The van der Waals surface area contributed by atoms with Gasteiger partial charge < -0.3 is 10.3 Å². The number of aromatic amines is 1. The van der Waals surface area contributed by atoms with E-state index >= 15 is 0 Å². The minimum Gasteiger partial charge on any atom is -0.347 e. The average Bonchev–Trinajstić information content (AvgIpc) is 2.27. The van der Waals surface area contributed by atoms with Crippen molar-refractivity contribution in [2.24, 2.45) is 0 Å². The molecule has 2 N–H and O–H groups in total. The summed E-state index contributed by atoms with van der Waals surface area (Å²) in [6.07, 6.45) is 2.61. The van der Waals surface area contributed by atoms with Crippen molar-refractivity contribution in [3.63, 3.8) is 0 Å². The minimum atomic E-state index is -0.349. The van der Waals surface area contributed by atoms with Crippen molar-refractivity contribution in [1.82, 2.24) is 10.3 Å². The molecule has 0 aliphatic rings. The van der Waals surface area contributed by atoms with E-state index in [0.717, 1.165) is 30.5 Å². The maximum absolute atomic E-state index is 12.1. The molecule has 1 aromatic rings. The number of hydrogen-bond donors (Lipinski definition) is 2. The Balaban J connectivity index is 3.16. The lowest BCUT2D eigenvalue weighted by Crippen LogP contribution is -2.42. The Kier molecular flexibility index (Phi) is 4.92. The molecule has 0 fully saturated rings. The van der Waals surface area contributed by atoms with Crippen LogP contribution in [0.3, 0.4) is 0 Å². The highest BCUT2D eigenvalue weighted by molar-refractivity contribution is 5.94. The molecular weight excluding hydrogens is 240 g/mol. The molecule has 19 heavy (non-hydrogen) atoms. The number of amides is 1. The molecule has 1 rings (SSSR count). The molecule has 4 nitrogen and oxygen atoms in total. The Morgan fingerprint density at radius 2 is 1.95 bits per heavy atom. The Bertz CT molecular complexity index is 510. The molecule has 1 amide bonds. The van der Waals surface area contributed by atoms with Crippen LogP contribution < -0.4 is 10.9 Å². The van der Waals surface area contributed by atoms with Gasteiger partial charge in [0.05, 0.1) is 0 Å². The Hall–Kier alpha value is -1.58. The lowest BCUT2D eigenvalue weighted by Gasteiger charge is -2.20. The van der Waals surface area contributed by atoms with Gasteiger partial charge in [0.2, 0.25) is 0 Å². The van der Waals surface area contributed by atoms with E-state index in [1.807, 2.05) is 27.7 Å². The van der Waals surface area contributed by atoms with Crippen molar-refractivity contribution in [2.75, 3.05) is 0 Å².